The quantitative estimate of drug-likeness (QED) is 0.0262. The molecule has 14 heteroatoms. The van der Waals surface area contributed by atoms with Crippen molar-refractivity contribution in [1.29, 1.82) is 0 Å². The first-order valence-electron chi connectivity index (χ1n) is 17.6. The first kappa shape index (κ1) is 40.2. The Kier molecular flexibility index (Phi) is 15.3. The molecule has 0 radical (unpaired) electrons. The number of oxime groups is 2. The largest absolute Gasteiger partial charge is 0.391 e. The third-order valence-electron chi connectivity index (χ3n) is 8.43. The summed E-state index contributed by atoms with van der Waals surface area (Å²) in [5.41, 5.74) is 6.42. The predicted octanol–water partition coefficient (Wildman–Crippen LogP) is 8.76. The van der Waals surface area contributed by atoms with E-state index in [9.17, 15) is 9.59 Å². The van der Waals surface area contributed by atoms with Gasteiger partial charge in [0.05, 0.1) is 0 Å². The van der Waals surface area contributed by atoms with Gasteiger partial charge < -0.3 is 30.3 Å². The zero-order valence-corrected chi connectivity index (χ0v) is 34.7. The number of benzene rings is 4. The average Bonchev–Trinajstić information content (AvgIpc) is 3.79. The van der Waals surface area contributed by atoms with Gasteiger partial charge in [-0.3, -0.25) is 9.59 Å². The van der Waals surface area contributed by atoms with Crippen LogP contribution in [-0.2, 0) is 45.3 Å². The topological polar surface area (TPSA) is 133 Å². The summed E-state index contributed by atoms with van der Waals surface area (Å²) in [6, 6.07) is 31.5. The van der Waals surface area contributed by atoms with Crippen molar-refractivity contribution in [3.05, 3.63) is 141 Å². The summed E-state index contributed by atoms with van der Waals surface area (Å²) >= 11 is 10.5. The number of halogens is 2. The van der Waals surface area contributed by atoms with Crippen molar-refractivity contribution in [3.8, 4) is 0 Å². The third-order valence-corrected chi connectivity index (χ3v) is 11.7. The smallest absolute Gasteiger partial charge is 0.269 e. The molecule has 2 amide bonds. The van der Waals surface area contributed by atoms with Crippen LogP contribution in [0.1, 0.15) is 22.3 Å². The van der Waals surface area contributed by atoms with Crippen LogP contribution in [0.15, 0.2) is 129 Å². The van der Waals surface area contributed by atoms with E-state index < -0.39 is 0 Å². The van der Waals surface area contributed by atoms with Gasteiger partial charge in [0.1, 0.15) is 24.6 Å². The summed E-state index contributed by atoms with van der Waals surface area (Å²) in [6.45, 7) is 1.49. The molecule has 0 bridgehead atoms. The Morgan fingerprint density at radius 3 is 1.49 bits per heavy atom. The van der Waals surface area contributed by atoms with E-state index >= 15 is 0 Å². The van der Waals surface area contributed by atoms with Crippen LogP contribution in [0.4, 0.5) is 0 Å². The number of carbonyl (C=O) groups is 2. The molecule has 4 N–H and O–H groups in total. The van der Waals surface area contributed by atoms with Gasteiger partial charge in [0.2, 0.25) is 0 Å². The lowest BCUT2D eigenvalue weighted by Gasteiger charge is -2.09. The maximum absolute atomic E-state index is 13.3. The molecule has 0 saturated carbocycles. The Labute approximate surface area is 344 Å². The van der Waals surface area contributed by atoms with Gasteiger partial charge in [-0.2, -0.15) is 0 Å². The van der Waals surface area contributed by atoms with E-state index in [4.69, 9.17) is 9.68 Å². The molecule has 0 saturated heterocycles. The van der Waals surface area contributed by atoms with Crippen LogP contribution in [0.5, 0.6) is 0 Å². The van der Waals surface area contributed by atoms with Gasteiger partial charge in [0.25, 0.3) is 11.8 Å². The Hall–Kier alpha value is -4.50. The maximum atomic E-state index is 13.3. The lowest BCUT2D eigenvalue weighted by atomic mass is 10.1. The number of hydrogen-bond acceptors (Lipinski definition) is 8. The van der Waals surface area contributed by atoms with Crippen LogP contribution >= 0.6 is 55.4 Å². The fraction of sp³-hybridized carbons (Fsp3) is 0.220. The molecule has 0 atom stereocenters. The second-order valence-electron chi connectivity index (χ2n) is 12.4. The van der Waals surface area contributed by atoms with Crippen LogP contribution in [0.3, 0.4) is 0 Å². The van der Waals surface area contributed by atoms with E-state index in [0.717, 1.165) is 69.6 Å². The summed E-state index contributed by atoms with van der Waals surface area (Å²) in [7, 11) is 0. The SMILES string of the molecule is O=C(NCCSCSCCNC(=O)/C(Cc1c[nH]c2ccc(Br)cc12)=N/OCc1ccccc1)/C(Cc1c[nH]c2ccc(Br)cc12)=N/OCc1ccccc1. The van der Waals surface area contributed by atoms with Crippen LogP contribution in [0.2, 0.25) is 0 Å². The van der Waals surface area contributed by atoms with E-state index in [1.54, 1.807) is 23.5 Å². The highest BCUT2D eigenvalue weighted by Crippen LogP contribution is 2.25. The fourth-order valence-electron chi connectivity index (χ4n) is 5.63. The minimum Gasteiger partial charge on any atom is -0.391 e. The molecule has 284 valence electrons. The summed E-state index contributed by atoms with van der Waals surface area (Å²) in [5, 5.41) is 17.4. The van der Waals surface area contributed by atoms with Gasteiger partial charge in [-0.05, 0) is 58.7 Å². The van der Waals surface area contributed by atoms with Gasteiger partial charge >= 0.3 is 0 Å². The monoisotopic (exact) mass is 902 g/mol. The molecule has 2 heterocycles. The number of aromatic amines is 2. The zero-order chi connectivity index (χ0) is 38.2. The number of amides is 2. The number of nitrogens with zero attached hydrogens (tertiary/aromatic N) is 2. The molecule has 2 aromatic heterocycles. The molecule has 0 fully saturated rings. The standard InChI is InChI=1S/C41H40Br2N6O4S2/c42-32-11-13-36-34(21-32)30(23-46-36)19-38(48-52-25-28-7-3-1-4-8-28)40(50)44-15-17-54-27-55-18-16-45-41(51)39(49-53-26-29-9-5-2-6-10-29)20-31-24-47-37-14-12-33(43)22-35(31)37/h1-14,21-24,46-47H,15-20,25-27H2,(H,44,50)(H,45,51)/b48-38+,49-39+. The minimum atomic E-state index is -0.265. The highest BCUT2D eigenvalue weighted by Gasteiger charge is 2.18. The van der Waals surface area contributed by atoms with Crippen molar-refractivity contribution in [2.75, 3.05) is 29.7 Å². The van der Waals surface area contributed by atoms with Gasteiger partial charge in [0.15, 0.2) is 0 Å². The molecule has 6 rings (SSSR count). The first-order valence-corrected chi connectivity index (χ1v) is 21.5. The van der Waals surface area contributed by atoms with Crippen molar-refractivity contribution >= 4 is 100 Å². The Morgan fingerprint density at radius 1 is 0.618 bits per heavy atom. The lowest BCUT2D eigenvalue weighted by molar-refractivity contribution is -0.115. The van der Waals surface area contributed by atoms with Gasteiger partial charge in [-0.25, -0.2) is 0 Å². The van der Waals surface area contributed by atoms with Crippen molar-refractivity contribution in [2.45, 2.75) is 26.1 Å². The number of aromatic nitrogens is 2. The van der Waals surface area contributed by atoms with E-state index in [2.05, 4.69) is 62.8 Å². The molecule has 0 aliphatic rings. The molecule has 0 unspecified atom stereocenters. The molecular weight excluding hydrogens is 864 g/mol. The van der Waals surface area contributed by atoms with Gasteiger partial charge in [0, 0.05) is 85.7 Å². The molecule has 55 heavy (non-hydrogen) atoms. The maximum Gasteiger partial charge on any atom is 0.269 e. The van der Waals surface area contributed by atoms with Crippen LogP contribution in [-0.4, -0.2) is 62.9 Å². The number of thioether (sulfide) groups is 2. The number of nitrogens with one attached hydrogen (secondary N) is 4. The second-order valence-corrected chi connectivity index (χ2v) is 16.8. The van der Waals surface area contributed by atoms with E-state index in [-0.39, 0.29) is 25.0 Å². The van der Waals surface area contributed by atoms with E-state index in [1.165, 1.54) is 0 Å². The summed E-state index contributed by atoms with van der Waals surface area (Å²) in [5.74, 6) is 0.914. The fourth-order valence-corrected chi connectivity index (χ4v) is 8.26. The molecule has 6 aromatic rings. The van der Waals surface area contributed by atoms with Gasteiger partial charge in [-0.1, -0.05) is 103 Å². The normalized spacial score (nSPS) is 11.9. The molecule has 10 nitrogen and oxygen atoms in total. The van der Waals surface area contributed by atoms with E-state index in [1.807, 2.05) is 109 Å². The summed E-state index contributed by atoms with van der Waals surface area (Å²) in [4.78, 5) is 44.4. The number of rotatable bonds is 20. The Bertz CT molecular complexity index is 2090. The van der Waals surface area contributed by atoms with Crippen LogP contribution in [0, 0.1) is 0 Å². The number of fused-ring (bicyclic) bond motifs is 2. The zero-order valence-electron chi connectivity index (χ0n) is 29.9. The predicted molar refractivity (Wildman–Crippen MR) is 233 cm³/mol. The van der Waals surface area contributed by atoms with Crippen molar-refractivity contribution in [1.82, 2.24) is 20.6 Å². The Morgan fingerprint density at radius 2 is 1.05 bits per heavy atom. The number of H-pyrrole nitrogens is 2. The average molecular weight is 905 g/mol. The highest BCUT2D eigenvalue weighted by molar-refractivity contribution is 9.10. The van der Waals surface area contributed by atoms with Crippen molar-refractivity contribution in [2.24, 2.45) is 10.3 Å². The molecule has 0 aliphatic carbocycles. The number of hydrogen-bond donors (Lipinski definition) is 4. The van der Waals surface area contributed by atoms with E-state index in [0.29, 0.717) is 37.4 Å². The minimum absolute atomic E-state index is 0.265. The summed E-state index contributed by atoms with van der Waals surface area (Å²) in [6.07, 6.45) is 4.44. The Balaban J connectivity index is 0.944. The summed E-state index contributed by atoms with van der Waals surface area (Å²) < 4.78 is 1.92. The molecule has 0 spiro atoms. The lowest BCUT2D eigenvalue weighted by Crippen LogP contribution is -2.34. The highest BCUT2D eigenvalue weighted by atomic mass is 79.9. The van der Waals surface area contributed by atoms with Gasteiger partial charge in [-0.15, -0.1) is 23.5 Å². The second kappa shape index (κ2) is 21.0. The van der Waals surface area contributed by atoms with Crippen molar-refractivity contribution < 1.29 is 19.3 Å². The number of carbonyl (C=O) groups excluding carboxylic acids is 2. The molecule has 4 aromatic carbocycles. The third kappa shape index (κ3) is 12.2. The molecule has 0 aliphatic heterocycles. The van der Waals surface area contributed by atoms with Crippen LogP contribution < -0.4 is 10.6 Å². The first-order chi connectivity index (χ1) is 26.9. The van der Waals surface area contributed by atoms with Crippen LogP contribution in [0.25, 0.3) is 21.8 Å². The molecular formula is C41H40Br2N6O4S2. The van der Waals surface area contributed by atoms with Crippen molar-refractivity contribution in [3.63, 3.8) is 0 Å².